The number of nitrogens with one attached hydrogen (secondary N) is 2. The SMILES string of the molecule is CCOC(=O)[C@H](Cc1ccc(O)cc1)NC(=O)C1(NC(=O)[C@H](SC(=O)C2CCCC2)C(C)C)CCCC1. The minimum Gasteiger partial charge on any atom is -0.508 e. The molecule has 1 aromatic carbocycles. The van der Waals surface area contributed by atoms with Gasteiger partial charge in [0, 0.05) is 12.3 Å². The molecule has 9 heteroatoms. The van der Waals surface area contributed by atoms with Crippen molar-refractivity contribution in [1.29, 1.82) is 0 Å². The standard InChI is InChI=1S/C28H40N2O6S/c1-4-36-25(33)22(17-19-11-13-21(31)14-12-19)29-27(35)28(15-7-8-16-28)30-24(32)23(18(2)3)37-26(34)20-9-5-6-10-20/h11-14,18,20,22-23,31H,4-10,15-17H2,1-3H3,(H,29,35)(H,30,32)/t22-,23+/m0/s1. The Bertz CT molecular complexity index is 952. The largest absolute Gasteiger partial charge is 0.508 e. The number of carbonyl (C=O) groups excluding carboxylic acids is 4. The van der Waals surface area contributed by atoms with Gasteiger partial charge in [-0.05, 0) is 56.2 Å². The summed E-state index contributed by atoms with van der Waals surface area (Å²) in [5.41, 5.74) is -0.386. The minimum absolute atomic E-state index is 0.00743. The molecule has 3 rings (SSSR count). The van der Waals surface area contributed by atoms with E-state index in [0.29, 0.717) is 12.8 Å². The second-order valence-corrected chi connectivity index (χ2v) is 11.7. The summed E-state index contributed by atoms with van der Waals surface area (Å²) < 4.78 is 5.21. The lowest BCUT2D eigenvalue weighted by Gasteiger charge is -2.33. The zero-order valence-electron chi connectivity index (χ0n) is 22.1. The van der Waals surface area contributed by atoms with Crippen LogP contribution in [-0.2, 0) is 30.3 Å². The maximum atomic E-state index is 13.6. The van der Waals surface area contributed by atoms with E-state index in [9.17, 15) is 24.3 Å². The summed E-state index contributed by atoms with van der Waals surface area (Å²) in [5.74, 6) is -1.25. The third-order valence-corrected chi connectivity index (χ3v) is 8.88. The van der Waals surface area contributed by atoms with E-state index >= 15 is 0 Å². The first-order valence-electron chi connectivity index (χ1n) is 13.4. The van der Waals surface area contributed by atoms with E-state index in [-0.39, 0.29) is 41.6 Å². The van der Waals surface area contributed by atoms with Gasteiger partial charge in [0.2, 0.25) is 11.8 Å². The van der Waals surface area contributed by atoms with Crippen LogP contribution >= 0.6 is 11.8 Å². The molecular weight excluding hydrogens is 492 g/mol. The molecule has 0 bridgehead atoms. The van der Waals surface area contributed by atoms with Gasteiger partial charge in [-0.1, -0.05) is 63.4 Å². The topological polar surface area (TPSA) is 122 Å². The van der Waals surface area contributed by atoms with Gasteiger partial charge in [0.25, 0.3) is 0 Å². The molecule has 204 valence electrons. The summed E-state index contributed by atoms with van der Waals surface area (Å²) in [7, 11) is 0. The van der Waals surface area contributed by atoms with Gasteiger partial charge in [0.1, 0.15) is 17.3 Å². The molecule has 8 nitrogen and oxygen atoms in total. The molecule has 0 saturated heterocycles. The monoisotopic (exact) mass is 532 g/mol. The van der Waals surface area contributed by atoms with Gasteiger partial charge in [0.15, 0.2) is 5.12 Å². The molecule has 0 radical (unpaired) electrons. The summed E-state index contributed by atoms with van der Waals surface area (Å²) in [6.45, 7) is 5.70. The van der Waals surface area contributed by atoms with Crippen LogP contribution in [0, 0.1) is 11.8 Å². The van der Waals surface area contributed by atoms with E-state index in [1.807, 2.05) is 13.8 Å². The van der Waals surface area contributed by atoms with Crippen LogP contribution in [0.25, 0.3) is 0 Å². The van der Waals surface area contributed by atoms with Crippen LogP contribution in [0.4, 0.5) is 0 Å². The third kappa shape index (κ3) is 7.72. The van der Waals surface area contributed by atoms with E-state index in [0.717, 1.165) is 55.9 Å². The first-order valence-corrected chi connectivity index (χ1v) is 14.3. The van der Waals surface area contributed by atoms with Crippen molar-refractivity contribution in [2.24, 2.45) is 11.8 Å². The lowest BCUT2D eigenvalue weighted by molar-refractivity contribution is -0.148. The second kappa shape index (κ2) is 13.3. The number of carbonyl (C=O) groups is 4. The summed E-state index contributed by atoms with van der Waals surface area (Å²) in [6.07, 6.45) is 6.51. The summed E-state index contributed by atoms with van der Waals surface area (Å²) in [6, 6.07) is 5.48. The van der Waals surface area contributed by atoms with Crippen molar-refractivity contribution in [1.82, 2.24) is 10.6 Å². The molecular formula is C28H40N2O6S. The predicted molar refractivity (Wildman–Crippen MR) is 143 cm³/mol. The number of ether oxygens (including phenoxy) is 1. The third-order valence-electron chi connectivity index (χ3n) is 7.30. The highest BCUT2D eigenvalue weighted by Gasteiger charge is 2.45. The highest BCUT2D eigenvalue weighted by atomic mass is 32.2. The number of amides is 2. The van der Waals surface area contributed by atoms with Crippen LogP contribution in [0.5, 0.6) is 5.75 Å². The Balaban J connectivity index is 1.74. The average Bonchev–Trinajstić information content (AvgIpc) is 3.56. The number of thioether (sulfide) groups is 1. The van der Waals surface area contributed by atoms with Crippen LogP contribution in [0.3, 0.4) is 0 Å². The van der Waals surface area contributed by atoms with Crippen LogP contribution in [0.2, 0.25) is 0 Å². The quantitative estimate of drug-likeness (QED) is 0.370. The van der Waals surface area contributed by atoms with Crippen molar-refractivity contribution >= 4 is 34.7 Å². The Morgan fingerprint density at radius 1 is 1.05 bits per heavy atom. The molecule has 0 aliphatic heterocycles. The lowest BCUT2D eigenvalue weighted by Crippen LogP contribution is -2.61. The molecule has 0 spiro atoms. The molecule has 37 heavy (non-hydrogen) atoms. The van der Waals surface area contributed by atoms with Crippen molar-refractivity contribution in [3.63, 3.8) is 0 Å². The number of hydrogen-bond acceptors (Lipinski definition) is 7. The molecule has 0 aromatic heterocycles. The molecule has 2 aliphatic rings. The van der Waals surface area contributed by atoms with Gasteiger partial charge in [-0.2, -0.15) is 0 Å². The molecule has 2 fully saturated rings. The van der Waals surface area contributed by atoms with Gasteiger partial charge in [-0.3, -0.25) is 14.4 Å². The van der Waals surface area contributed by atoms with E-state index < -0.39 is 28.7 Å². The van der Waals surface area contributed by atoms with Crippen LogP contribution in [0.15, 0.2) is 24.3 Å². The molecule has 2 amide bonds. The fourth-order valence-corrected chi connectivity index (χ4v) is 6.29. The lowest BCUT2D eigenvalue weighted by atomic mass is 9.94. The normalized spacial score (nSPS) is 18.8. The average molecular weight is 533 g/mol. The number of rotatable bonds is 11. The highest BCUT2D eigenvalue weighted by Crippen LogP contribution is 2.35. The number of phenolic OH excluding ortho intramolecular Hbond substituents is 1. The van der Waals surface area contributed by atoms with Crippen molar-refractivity contribution in [2.45, 2.75) is 95.4 Å². The molecule has 0 heterocycles. The Morgan fingerprint density at radius 2 is 1.68 bits per heavy atom. The fourth-order valence-electron chi connectivity index (χ4n) is 5.17. The highest BCUT2D eigenvalue weighted by molar-refractivity contribution is 8.14. The maximum Gasteiger partial charge on any atom is 0.328 e. The number of aromatic hydroxyl groups is 1. The maximum absolute atomic E-state index is 13.6. The van der Waals surface area contributed by atoms with Crippen molar-refractivity contribution in [3.8, 4) is 5.75 Å². The van der Waals surface area contributed by atoms with E-state index in [4.69, 9.17) is 4.74 Å². The van der Waals surface area contributed by atoms with Crippen molar-refractivity contribution in [3.05, 3.63) is 29.8 Å². The Hall–Kier alpha value is -2.55. The molecule has 0 unspecified atom stereocenters. The molecule has 2 aliphatic carbocycles. The molecule has 2 atom stereocenters. The van der Waals surface area contributed by atoms with Crippen LogP contribution < -0.4 is 10.6 Å². The van der Waals surface area contributed by atoms with Gasteiger partial charge >= 0.3 is 5.97 Å². The molecule has 3 N–H and O–H groups in total. The Labute approximate surface area is 223 Å². The first kappa shape index (κ1) is 29.0. The fraction of sp³-hybridized carbons (Fsp3) is 0.643. The second-order valence-electron chi connectivity index (χ2n) is 10.5. The zero-order valence-corrected chi connectivity index (χ0v) is 22.9. The van der Waals surface area contributed by atoms with Gasteiger partial charge in [0.05, 0.1) is 11.9 Å². The van der Waals surface area contributed by atoms with Crippen molar-refractivity contribution < 1.29 is 29.0 Å². The Kier molecular flexibility index (Phi) is 10.4. The number of benzene rings is 1. The predicted octanol–water partition coefficient (Wildman–Crippen LogP) is 3.89. The van der Waals surface area contributed by atoms with Gasteiger partial charge in [-0.15, -0.1) is 0 Å². The zero-order chi connectivity index (χ0) is 27.0. The van der Waals surface area contributed by atoms with Crippen LogP contribution in [-0.4, -0.2) is 51.4 Å². The van der Waals surface area contributed by atoms with E-state index in [2.05, 4.69) is 10.6 Å². The molecule has 2 saturated carbocycles. The van der Waals surface area contributed by atoms with Gasteiger partial charge in [-0.25, -0.2) is 4.79 Å². The summed E-state index contributed by atoms with van der Waals surface area (Å²) >= 11 is 1.10. The summed E-state index contributed by atoms with van der Waals surface area (Å²) in [5, 5.41) is 14.9. The van der Waals surface area contributed by atoms with Crippen LogP contribution in [0.1, 0.15) is 77.7 Å². The van der Waals surface area contributed by atoms with E-state index in [1.54, 1.807) is 19.1 Å². The number of hydrogen-bond donors (Lipinski definition) is 3. The Morgan fingerprint density at radius 3 is 2.24 bits per heavy atom. The van der Waals surface area contributed by atoms with Gasteiger partial charge < -0.3 is 20.5 Å². The molecule has 1 aromatic rings. The minimum atomic E-state index is -1.14. The first-order chi connectivity index (χ1) is 17.6. The van der Waals surface area contributed by atoms with E-state index in [1.165, 1.54) is 12.1 Å². The van der Waals surface area contributed by atoms with Crippen molar-refractivity contribution in [2.75, 3.05) is 6.61 Å². The number of phenols is 1. The summed E-state index contributed by atoms with van der Waals surface area (Å²) in [4.78, 5) is 52.7. The number of esters is 1. The smallest absolute Gasteiger partial charge is 0.328 e.